The number of fused-ring (bicyclic) bond motifs is 1. The van der Waals surface area contributed by atoms with Crippen LogP contribution in [0.15, 0.2) is 60.7 Å². The molecule has 0 fully saturated rings. The average Bonchev–Trinajstić information content (AvgIpc) is 2.42. The minimum atomic E-state index is 1.13. The molecule has 19 heavy (non-hydrogen) atoms. The number of hydrogen-bond donors (Lipinski definition) is 1. The molecule has 0 heterocycles. The summed E-state index contributed by atoms with van der Waals surface area (Å²) < 4.78 is 0. The highest BCUT2D eigenvalue weighted by atomic mass is 14.9. The maximum atomic E-state index is 3.51. The number of nitrogens with one attached hydrogen (secondary N) is 1. The molecule has 0 spiro atoms. The Labute approximate surface area is 113 Å². The first-order chi connectivity index (χ1) is 9.24. The fourth-order valence-electron chi connectivity index (χ4n) is 2.44. The smallest absolute Gasteiger partial charge is 0.0464 e. The van der Waals surface area contributed by atoms with Crippen molar-refractivity contribution in [1.29, 1.82) is 0 Å². The van der Waals surface area contributed by atoms with E-state index in [1.165, 1.54) is 21.9 Å². The van der Waals surface area contributed by atoms with Gasteiger partial charge in [-0.25, -0.2) is 0 Å². The van der Waals surface area contributed by atoms with Crippen molar-refractivity contribution in [3.8, 4) is 0 Å². The predicted molar refractivity (Wildman–Crippen MR) is 83.1 cm³/mol. The lowest BCUT2D eigenvalue weighted by Gasteiger charge is -2.12. The maximum Gasteiger partial charge on any atom is 0.0464 e. The molecule has 0 atom stereocenters. The number of aryl methyl sites for hydroxylation is 2. The molecule has 0 bridgehead atoms. The van der Waals surface area contributed by atoms with E-state index in [1.54, 1.807) is 0 Å². The zero-order chi connectivity index (χ0) is 13.2. The van der Waals surface area contributed by atoms with Crippen LogP contribution < -0.4 is 5.32 Å². The highest BCUT2D eigenvalue weighted by Crippen LogP contribution is 2.28. The van der Waals surface area contributed by atoms with E-state index in [0.717, 1.165) is 11.4 Å². The Morgan fingerprint density at radius 3 is 2.32 bits per heavy atom. The molecule has 94 valence electrons. The summed E-state index contributed by atoms with van der Waals surface area (Å²) in [6.45, 7) is 4.26. The molecule has 0 saturated heterocycles. The Morgan fingerprint density at radius 2 is 1.53 bits per heavy atom. The highest BCUT2D eigenvalue weighted by molar-refractivity contribution is 5.97. The molecule has 3 rings (SSSR count). The van der Waals surface area contributed by atoms with E-state index in [2.05, 4.69) is 79.8 Å². The molecule has 1 N–H and O–H groups in total. The van der Waals surface area contributed by atoms with Gasteiger partial charge in [0.25, 0.3) is 0 Å². The van der Waals surface area contributed by atoms with Gasteiger partial charge in [0.05, 0.1) is 0 Å². The summed E-state index contributed by atoms with van der Waals surface area (Å²) in [5.74, 6) is 0. The quantitative estimate of drug-likeness (QED) is 0.656. The monoisotopic (exact) mass is 247 g/mol. The van der Waals surface area contributed by atoms with Crippen LogP contribution in [0, 0.1) is 13.8 Å². The van der Waals surface area contributed by atoms with Crippen molar-refractivity contribution < 1.29 is 0 Å². The molecule has 0 radical (unpaired) electrons. The molecule has 0 saturated carbocycles. The largest absolute Gasteiger partial charge is 0.355 e. The molecule has 3 aromatic rings. The van der Waals surface area contributed by atoms with Gasteiger partial charge in [-0.2, -0.15) is 0 Å². The fraction of sp³-hybridized carbons (Fsp3) is 0.111. The van der Waals surface area contributed by atoms with Crippen LogP contribution in [0.5, 0.6) is 0 Å². The van der Waals surface area contributed by atoms with Gasteiger partial charge in [0.15, 0.2) is 0 Å². The highest BCUT2D eigenvalue weighted by Gasteiger charge is 2.03. The molecule has 0 aliphatic carbocycles. The third kappa shape index (κ3) is 2.32. The van der Waals surface area contributed by atoms with Crippen molar-refractivity contribution in [2.75, 3.05) is 5.32 Å². The van der Waals surface area contributed by atoms with E-state index in [0.29, 0.717) is 0 Å². The van der Waals surface area contributed by atoms with Crippen LogP contribution in [0.2, 0.25) is 0 Å². The topological polar surface area (TPSA) is 12.0 Å². The third-order valence-corrected chi connectivity index (χ3v) is 3.44. The summed E-state index contributed by atoms with van der Waals surface area (Å²) in [5.41, 5.74) is 4.87. The second-order valence-corrected chi connectivity index (χ2v) is 4.97. The molecule has 1 heteroatoms. The lowest BCUT2D eigenvalue weighted by Crippen LogP contribution is -1.92. The Hall–Kier alpha value is -2.28. The summed E-state index contributed by atoms with van der Waals surface area (Å²) in [4.78, 5) is 0. The first-order valence-electron chi connectivity index (χ1n) is 6.56. The summed E-state index contributed by atoms with van der Waals surface area (Å²) in [5, 5.41) is 6.09. The van der Waals surface area contributed by atoms with Crippen LogP contribution in [0.1, 0.15) is 11.1 Å². The van der Waals surface area contributed by atoms with E-state index in [9.17, 15) is 0 Å². The lowest BCUT2D eigenvalue weighted by molar-refractivity contribution is 1.45. The van der Waals surface area contributed by atoms with E-state index in [4.69, 9.17) is 0 Å². The standard InChI is InChI=1S/C18H17N/c1-13-6-5-7-15(12-13)19-18-11-10-14(2)16-8-3-4-9-17(16)18/h3-12,19H,1-2H3. The predicted octanol–water partition coefficient (Wildman–Crippen LogP) is 5.20. The summed E-state index contributed by atoms with van der Waals surface area (Å²) >= 11 is 0. The molecule has 1 nitrogen and oxygen atoms in total. The van der Waals surface area contributed by atoms with Gasteiger partial charge >= 0.3 is 0 Å². The zero-order valence-corrected chi connectivity index (χ0v) is 11.3. The molecule has 0 unspecified atom stereocenters. The van der Waals surface area contributed by atoms with Crippen molar-refractivity contribution in [1.82, 2.24) is 0 Å². The van der Waals surface area contributed by atoms with Crippen LogP contribution in [0.25, 0.3) is 10.8 Å². The summed E-state index contributed by atoms with van der Waals surface area (Å²) in [6.07, 6.45) is 0. The van der Waals surface area contributed by atoms with Gasteiger partial charge in [-0.1, -0.05) is 42.5 Å². The van der Waals surface area contributed by atoms with E-state index in [1.807, 2.05) is 0 Å². The van der Waals surface area contributed by atoms with Crippen LogP contribution in [-0.2, 0) is 0 Å². The Kier molecular flexibility index (Phi) is 2.96. The molecule has 0 aliphatic rings. The van der Waals surface area contributed by atoms with Gasteiger partial charge in [0.1, 0.15) is 0 Å². The Balaban J connectivity index is 2.09. The molecular weight excluding hydrogens is 230 g/mol. The van der Waals surface area contributed by atoms with Crippen molar-refractivity contribution in [2.24, 2.45) is 0 Å². The van der Waals surface area contributed by atoms with E-state index >= 15 is 0 Å². The van der Waals surface area contributed by atoms with Crippen molar-refractivity contribution in [2.45, 2.75) is 13.8 Å². The van der Waals surface area contributed by atoms with Gasteiger partial charge in [-0.05, 0) is 48.6 Å². The minimum absolute atomic E-state index is 1.13. The van der Waals surface area contributed by atoms with Crippen LogP contribution in [0.4, 0.5) is 11.4 Å². The fourth-order valence-corrected chi connectivity index (χ4v) is 2.44. The van der Waals surface area contributed by atoms with Crippen molar-refractivity contribution in [3.05, 3.63) is 71.8 Å². The summed E-state index contributed by atoms with van der Waals surface area (Å²) in [6, 6.07) is 21.3. The average molecular weight is 247 g/mol. The van der Waals surface area contributed by atoms with Gasteiger partial charge in [-0.3, -0.25) is 0 Å². The molecule has 0 amide bonds. The molecule has 0 aliphatic heterocycles. The van der Waals surface area contributed by atoms with Crippen molar-refractivity contribution >= 4 is 22.1 Å². The van der Waals surface area contributed by atoms with Crippen LogP contribution in [0.3, 0.4) is 0 Å². The molecular formula is C18H17N. The SMILES string of the molecule is Cc1cccc(Nc2ccc(C)c3ccccc23)c1. The first-order valence-corrected chi connectivity index (χ1v) is 6.56. The second kappa shape index (κ2) is 4.77. The Morgan fingerprint density at radius 1 is 0.737 bits per heavy atom. The van der Waals surface area contributed by atoms with E-state index in [-0.39, 0.29) is 0 Å². The van der Waals surface area contributed by atoms with Crippen molar-refractivity contribution in [3.63, 3.8) is 0 Å². The number of rotatable bonds is 2. The third-order valence-electron chi connectivity index (χ3n) is 3.44. The number of hydrogen-bond acceptors (Lipinski definition) is 1. The molecule has 3 aromatic carbocycles. The molecule has 0 aromatic heterocycles. The number of benzene rings is 3. The van der Waals surface area contributed by atoms with Gasteiger partial charge in [0.2, 0.25) is 0 Å². The normalized spacial score (nSPS) is 10.6. The summed E-state index contributed by atoms with van der Waals surface area (Å²) in [7, 11) is 0. The Bertz CT molecular complexity index is 729. The van der Waals surface area contributed by atoms with Crippen LogP contribution >= 0.6 is 0 Å². The number of anilines is 2. The lowest BCUT2D eigenvalue weighted by atomic mass is 10.0. The maximum absolute atomic E-state index is 3.51. The zero-order valence-electron chi connectivity index (χ0n) is 11.3. The van der Waals surface area contributed by atoms with Gasteiger partial charge in [-0.15, -0.1) is 0 Å². The van der Waals surface area contributed by atoms with Crippen LogP contribution in [-0.4, -0.2) is 0 Å². The second-order valence-electron chi connectivity index (χ2n) is 4.97. The van der Waals surface area contributed by atoms with E-state index < -0.39 is 0 Å². The first kappa shape index (κ1) is 11.8. The van der Waals surface area contributed by atoms with Gasteiger partial charge < -0.3 is 5.32 Å². The van der Waals surface area contributed by atoms with Gasteiger partial charge in [0, 0.05) is 16.8 Å². The minimum Gasteiger partial charge on any atom is -0.355 e.